The Hall–Kier alpha value is -1.40. The zero-order valence-corrected chi connectivity index (χ0v) is 13.5. The van der Waals surface area contributed by atoms with Gasteiger partial charge in [-0.1, -0.05) is 12.1 Å². The number of hydrogen-bond donors (Lipinski definition) is 0. The number of aromatic nitrogens is 1. The molecule has 3 rings (SSSR count). The number of nitrogens with zero attached hydrogens (tertiary/aromatic N) is 3. The summed E-state index contributed by atoms with van der Waals surface area (Å²) in [6.45, 7) is 10.1. The van der Waals surface area contributed by atoms with Crippen LogP contribution in [0.1, 0.15) is 35.8 Å². The number of rotatable bonds is 2. The fraction of sp³-hybridized carbons (Fsp3) is 0.750. The number of carbonyl (C=O) groups is 1. The van der Waals surface area contributed by atoms with Crippen LogP contribution in [0.3, 0.4) is 0 Å². The number of hydrogen-bond acceptors (Lipinski definition) is 5. The molecule has 2 aliphatic rings. The Morgan fingerprint density at radius 1 is 1.41 bits per heavy atom. The van der Waals surface area contributed by atoms with Crippen LogP contribution in [-0.4, -0.2) is 66.8 Å². The van der Waals surface area contributed by atoms with Crippen LogP contribution in [0.25, 0.3) is 0 Å². The Labute approximate surface area is 131 Å². The van der Waals surface area contributed by atoms with E-state index in [1.165, 1.54) is 6.26 Å². The lowest BCUT2D eigenvalue weighted by Crippen LogP contribution is -2.52. The van der Waals surface area contributed by atoms with Gasteiger partial charge in [-0.25, -0.2) is 0 Å². The third-order valence-corrected chi connectivity index (χ3v) is 4.90. The van der Waals surface area contributed by atoms with E-state index in [9.17, 15) is 4.79 Å². The first-order valence-corrected chi connectivity index (χ1v) is 8.14. The molecule has 6 nitrogen and oxygen atoms in total. The lowest BCUT2D eigenvalue weighted by molar-refractivity contribution is 0.00762. The van der Waals surface area contributed by atoms with Crippen molar-refractivity contribution in [3.8, 4) is 0 Å². The molecule has 0 bridgehead atoms. The molecule has 1 amide bonds. The molecule has 6 heteroatoms. The topological polar surface area (TPSA) is 58.8 Å². The average Bonchev–Trinajstić information content (AvgIpc) is 2.86. The summed E-state index contributed by atoms with van der Waals surface area (Å²) in [5.74, 6) is 0.0325. The average molecular weight is 307 g/mol. The predicted octanol–water partition coefficient (Wildman–Crippen LogP) is 1.56. The highest BCUT2D eigenvalue weighted by molar-refractivity contribution is 5.94. The van der Waals surface area contributed by atoms with E-state index in [1.54, 1.807) is 0 Å². The Bertz CT molecular complexity index is 530. The smallest absolute Gasteiger partial charge is 0.259 e. The minimum atomic E-state index is 0.0325. The first kappa shape index (κ1) is 15.5. The molecule has 122 valence electrons. The van der Waals surface area contributed by atoms with E-state index in [0.717, 1.165) is 58.8 Å². The molecule has 0 aromatic carbocycles. The monoisotopic (exact) mass is 307 g/mol. The molecule has 0 saturated carbocycles. The lowest BCUT2D eigenvalue weighted by atomic mass is 9.80. The van der Waals surface area contributed by atoms with Crippen LogP contribution in [0.4, 0.5) is 0 Å². The molecule has 1 aromatic rings. The van der Waals surface area contributed by atoms with Gasteiger partial charge in [-0.3, -0.25) is 4.79 Å². The highest BCUT2D eigenvalue weighted by Crippen LogP contribution is 2.33. The molecule has 0 N–H and O–H groups in total. The fourth-order valence-electron chi connectivity index (χ4n) is 3.65. The maximum absolute atomic E-state index is 12.7. The maximum Gasteiger partial charge on any atom is 0.259 e. The summed E-state index contributed by atoms with van der Waals surface area (Å²) in [4.78, 5) is 17.1. The van der Waals surface area contributed by atoms with Crippen molar-refractivity contribution in [2.24, 2.45) is 5.41 Å². The summed E-state index contributed by atoms with van der Waals surface area (Å²) >= 11 is 0. The number of amides is 1. The molecule has 22 heavy (non-hydrogen) atoms. The highest BCUT2D eigenvalue weighted by Gasteiger charge is 2.40. The maximum atomic E-state index is 12.7. The van der Waals surface area contributed by atoms with E-state index in [0.29, 0.717) is 11.3 Å². The normalized spacial score (nSPS) is 27.1. The van der Waals surface area contributed by atoms with Crippen LogP contribution in [0.15, 0.2) is 10.8 Å². The summed E-state index contributed by atoms with van der Waals surface area (Å²) in [5, 5.41) is 3.82. The highest BCUT2D eigenvalue weighted by atomic mass is 16.5. The summed E-state index contributed by atoms with van der Waals surface area (Å²) in [6, 6.07) is 0. The van der Waals surface area contributed by atoms with Crippen molar-refractivity contribution >= 4 is 5.91 Å². The predicted molar refractivity (Wildman–Crippen MR) is 81.7 cm³/mol. The lowest BCUT2D eigenvalue weighted by Gasteiger charge is -2.43. The quantitative estimate of drug-likeness (QED) is 0.830. The Kier molecular flexibility index (Phi) is 4.49. The number of aryl methyl sites for hydroxylation is 1. The van der Waals surface area contributed by atoms with Crippen molar-refractivity contribution < 1.29 is 14.1 Å². The summed E-state index contributed by atoms with van der Waals surface area (Å²) in [7, 11) is 0. The molecule has 2 saturated heterocycles. The third-order valence-electron chi connectivity index (χ3n) is 4.90. The van der Waals surface area contributed by atoms with Crippen molar-refractivity contribution in [1.82, 2.24) is 15.0 Å². The second-order valence-corrected chi connectivity index (χ2v) is 6.57. The van der Waals surface area contributed by atoms with Crippen molar-refractivity contribution in [3.63, 3.8) is 0 Å². The van der Waals surface area contributed by atoms with Crippen LogP contribution >= 0.6 is 0 Å². The molecule has 1 spiro atoms. The van der Waals surface area contributed by atoms with Gasteiger partial charge in [0.15, 0.2) is 0 Å². The van der Waals surface area contributed by atoms with Crippen molar-refractivity contribution in [1.29, 1.82) is 0 Å². The van der Waals surface area contributed by atoms with Gasteiger partial charge in [0.05, 0.1) is 18.9 Å². The van der Waals surface area contributed by atoms with Gasteiger partial charge in [-0.15, -0.1) is 0 Å². The molecule has 0 aliphatic carbocycles. The van der Waals surface area contributed by atoms with Gasteiger partial charge in [0.25, 0.3) is 5.91 Å². The van der Waals surface area contributed by atoms with E-state index >= 15 is 0 Å². The van der Waals surface area contributed by atoms with Gasteiger partial charge < -0.3 is 19.1 Å². The van der Waals surface area contributed by atoms with Gasteiger partial charge in [0, 0.05) is 31.6 Å². The molecule has 2 aliphatic heterocycles. The zero-order chi connectivity index (χ0) is 15.6. The third kappa shape index (κ3) is 3.03. The largest absolute Gasteiger partial charge is 0.379 e. The molecule has 1 aromatic heterocycles. The zero-order valence-electron chi connectivity index (χ0n) is 13.5. The second-order valence-electron chi connectivity index (χ2n) is 6.57. The van der Waals surface area contributed by atoms with E-state index < -0.39 is 0 Å². The van der Waals surface area contributed by atoms with Crippen molar-refractivity contribution in [2.45, 2.75) is 26.7 Å². The SMILES string of the molecule is CCN1CCOCC2(CCCN(C(=O)c3conc3C)C2)C1. The number of likely N-dealkylation sites (tertiary alicyclic amines) is 1. The van der Waals surface area contributed by atoms with Gasteiger partial charge in [0.2, 0.25) is 0 Å². The molecule has 3 heterocycles. The van der Waals surface area contributed by atoms with E-state index in [2.05, 4.69) is 17.0 Å². The fourth-order valence-corrected chi connectivity index (χ4v) is 3.65. The van der Waals surface area contributed by atoms with Gasteiger partial charge in [-0.05, 0) is 26.3 Å². The van der Waals surface area contributed by atoms with Crippen LogP contribution in [-0.2, 0) is 4.74 Å². The number of carbonyl (C=O) groups excluding carboxylic acids is 1. The second kappa shape index (κ2) is 6.38. The minimum Gasteiger partial charge on any atom is -0.379 e. The molecular formula is C16H25N3O3. The van der Waals surface area contributed by atoms with Gasteiger partial charge in [-0.2, -0.15) is 0 Å². The first-order valence-electron chi connectivity index (χ1n) is 8.14. The standard InChI is InChI=1S/C16H25N3O3/c1-3-18-7-8-21-12-16(10-18)5-4-6-19(11-16)15(20)14-9-22-17-13(14)2/h9H,3-8,10-12H2,1-2H3. The molecule has 1 atom stereocenters. The van der Waals surface area contributed by atoms with Crippen molar-refractivity contribution in [2.75, 3.05) is 45.9 Å². The first-order chi connectivity index (χ1) is 10.6. The Morgan fingerprint density at radius 3 is 3.00 bits per heavy atom. The van der Waals surface area contributed by atoms with Gasteiger partial charge >= 0.3 is 0 Å². The molecule has 1 unspecified atom stereocenters. The molecule has 0 radical (unpaired) electrons. The molecule has 2 fully saturated rings. The molecular weight excluding hydrogens is 282 g/mol. The van der Waals surface area contributed by atoms with E-state index in [-0.39, 0.29) is 11.3 Å². The summed E-state index contributed by atoms with van der Waals surface area (Å²) in [6.07, 6.45) is 3.60. The van der Waals surface area contributed by atoms with E-state index in [4.69, 9.17) is 9.26 Å². The van der Waals surface area contributed by atoms with Crippen LogP contribution in [0, 0.1) is 12.3 Å². The van der Waals surface area contributed by atoms with Crippen LogP contribution < -0.4 is 0 Å². The number of piperidine rings is 1. The Morgan fingerprint density at radius 2 is 2.27 bits per heavy atom. The van der Waals surface area contributed by atoms with Gasteiger partial charge in [0.1, 0.15) is 11.8 Å². The van der Waals surface area contributed by atoms with Crippen LogP contribution in [0.5, 0.6) is 0 Å². The number of ether oxygens (including phenoxy) is 1. The minimum absolute atomic E-state index is 0.0325. The van der Waals surface area contributed by atoms with Crippen LogP contribution in [0.2, 0.25) is 0 Å². The van der Waals surface area contributed by atoms with E-state index in [1.807, 2.05) is 11.8 Å². The van der Waals surface area contributed by atoms with Crippen molar-refractivity contribution in [3.05, 3.63) is 17.5 Å². The number of likely N-dealkylation sites (N-methyl/N-ethyl adjacent to an activating group) is 1. The summed E-state index contributed by atoms with van der Waals surface area (Å²) in [5.41, 5.74) is 1.31. The Balaban J connectivity index is 1.75. The summed E-state index contributed by atoms with van der Waals surface area (Å²) < 4.78 is 10.8.